The first-order valence-corrected chi connectivity index (χ1v) is 2.13. The van der Waals surface area contributed by atoms with E-state index < -0.39 is 11.9 Å². The number of hydrogen-bond donors (Lipinski definition) is 2. The summed E-state index contributed by atoms with van der Waals surface area (Å²) in [6.45, 7) is 0. The van der Waals surface area contributed by atoms with Gasteiger partial charge in [0.1, 0.15) is 6.42 Å². The summed E-state index contributed by atoms with van der Waals surface area (Å²) in [5, 5.41) is 9.61. The van der Waals surface area contributed by atoms with E-state index in [1.54, 1.807) is 11.4 Å². The molecule has 9 heavy (non-hydrogen) atoms. The van der Waals surface area contributed by atoms with E-state index in [9.17, 15) is 9.59 Å². The van der Waals surface area contributed by atoms with E-state index in [4.69, 9.17) is 5.26 Å². The summed E-state index contributed by atoms with van der Waals surface area (Å²) >= 11 is 0. The Morgan fingerprint density at radius 2 is 2.22 bits per heavy atom. The highest BCUT2D eigenvalue weighted by atomic mass is 16.2. The molecular weight excluding hydrogens is 123 g/mol. The van der Waals surface area contributed by atoms with Crippen LogP contribution in [0.2, 0.25) is 0 Å². The second-order valence-corrected chi connectivity index (χ2v) is 1.25. The van der Waals surface area contributed by atoms with Gasteiger partial charge in [0, 0.05) is 0 Å². The van der Waals surface area contributed by atoms with Crippen LogP contribution in [0.15, 0.2) is 0 Å². The largest absolute Gasteiger partial charge is 0.351 e. The van der Waals surface area contributed by atoms with Gasteiger partial charge >= 0.3 is 6.03 Å². The third-order valence-electron chi connectivity index (χ3n) is 0.502. The molecule has 48 valence electrons. The Kier molecular flexibility index (Phi) is 2.84. The van der Waals surface area contributed by atoms with Crippen LogP contribution in [0.3, 0.4) is 0 Å². The van der Waals surface area contributed by atoms with Crippen LogP contribution in [0.25, 0.3) is 0 Å². The fourth-order valence-electron chi connectivity index (χ4n) is 0.253. The molecule has 0 atom stereocenters. The SMILES string of the molecule is N#[13C]CC(=O)NC(N)=O. The number of amides is 3. The molecule has 0 heterocycles. The second kappa shape index (κ2) is 3.43. The van der Waals surface area contributed by atoms with Crippen molar-refractivity contribution in [2.24, 2.45) is 5.73 Å². The average Bonchev–Trinajstić information content (AvgIpc) is 1.63. The minimum absolute atomic E-state index is 0.344. The minimum Gasteiger partial charge on any atom is -0.351 e. The molecule has 0 radical (unpaired) electrons. The second-order valence-electron chi connectivity index (χ2n) is 1.25. The number of hydrogen-bond acceptors (Lipinski definition) is 3. The van der Waals surface area contributed by atoms with Crippen molar-refractivity contribution < 1.29 is 9.59 Å². The van der Waals surface area contributed by atoms with Crippen molar-refractivity contribution in [2.75, 3.05) is 0 Å². The Hall–Kier alpha value is -1.57. The molecular formula is C4H5N3O2. The lowest BCUT2D eigenvalue weighted by atomic mass is 10.6. The maximum atomic E-state index is 10.2. The summed E-state index contributed by atoms with van der Waals surface area (Å²) < 4.78 is 0. The molecule has 0 aromatic carbocycles. The number of carbonyl (C=O) groups excluding carboxylic acids is 2. The molecule has 5 heteroatoms. The maximum absolute atomic E-state index is 10.2. The Morgan fingerprint density at radius 1 is 1.67 bits per heavy atom. The molecule has 3 N–H and O–H groups in total. The highest BCUT2D eigenvalue weighted by molar-refractivity contribution is 5.94. The van der Waals surface area contributed by atoms with Crippen LogP contribution in [-0.2, 0) is 4.79 Å². The molecule has 0 aliphatic heterocycles. The number of primary amides is 1. The zero-order chi connectivity index (χ0) is 7.28. The predicted octanol–water partition coefficient (Wildman–Crippen LogP) is -0.905. The molecule has 0 saturated heterocycles. The lowest BCUT2D eigenvalue weighted by Crippen LogP contribution is -2.34. The molecule has 0 rings (SSSR count). The van der Waals surface area contributed by atoms with Crippen molar-refractivity contribution >= 4 is 11.9 Å². The fourth-order valence-corrected chi connectivity index (χ4v) is 0.253. The molecule has 0 bridgehead atoms. The van der Waals surface area contributed by atoms with Gasteiger partial charge in [0.05, 0.1) is 6.07 Å². The van der Waals surface area contributed by atoms with E-state index in [1.165, 1.54) is 0 Å². The van der Waals surface area contributed by atoms with Gasteiger partial charge in [0.15, 0.2) is 0 Å². The number of carbonyl (C=O) groups is 2. The summed E-state index contributed by atoms with van der Waals surface area (Å²) in [6, 6.07) is 0.618. The summed E-state index contributed by atoms with van der Waals surface area (Å²) in [4.78, 5) is 20.1. The summed E-state index contributed by atoms with van der Waals surface area (Å²) in [5.41, 5.74) is 4.54. The standard InChI is InChI=1S/C4H5N3O2/c5-2-1-3(8)7-4(6)9/h1H2,(H3,6,7,8,9)/i2+1. The van der Waals surface area contributed by atoms with Gasteiger partial charge in [0.25, 0.3) is 0 Å². The van der Waals surface area contributed by atoms with Crippen LogP contribution in [0.4, 0.5) is 4.79 Å². The van der Waals surface area contributed by atoms with Crippen LogP contribution in [0.1, 0.15) is 6.42 Å². The Labute approximate surface area is 51.4 Å². The van der Waals surface area contributed by atoms with Crippen molar-refractivity contribution in [2.45, 2.75) is 6.42 Å². The van der Waals surface area contributed by atoms with Gasteiger partial charge in [-0.05, 0) is 0 Å². The van der Waals surface area contributed by atoms with Gasteiger partial charge in [-0.25, -0.2) is 4.79 Å². The number of nitriles is 1. The number of nitrogens with two attached hydrogens (primary N) is 1. The molecule has 0 saturated carbocycles. The van der Waals surface area contributed by atoms with Crippen molar-refractivity contribution in [1.82, 2.24) is 5.32 Å². The number of urea groups is 1. The summed E-state index contributed by atoms with van der Waals surface area (Å²) in [5.74, 6) is -0.676. The molecule has 0 fully saturated rings. The van der Waals surface area contributed by atoms with Crippen molar-refractivity contribution in [3.63, 3.8) is 0 Å². The minimum atomic E-state index is -0.935. The van der Waals surface area contributed by atoms with Gasteiger partial charge in [-0.3, -0.25) is 10.1 Å². The normalized spacial score (nSPS) is 7.44. The summed E-state index contributed by atoms with van der Waals surface area (Å²) in [7, 11) is 0. The van der Waals surface area contributed by atoms with Gasteiger partial charge in [0.2, 0.25) is 5.91 Å². The zero-order valence-electron chi connectivity index (χ0n) is 4.55. The molecule has 3 amide bonds. The number of nitrogens with zero attached hydrogens (tertiary/aromatic N) is 1. The Balaban J connectivity index is 3.54. The first-order valence-electron chi connectivity index (χ1n) is 2.13. The molecule has 0 aromatic heterocycles. The molecule has 0 unspecified atom stereocenters. The first kappa shape index (κ1) is 7.43. The Bertz CT molecular complexity index is 169. The number of rotatable bonds is 1. The smallest absolute Gasteiger partial charge is 0.318 e. The van der Waals surface area contributed by atoms with Crippen LogP contribution in [-0.4, -0.2) is 11.9 Å². The van der Waals surface area contributed by atoms with E-state index in [0.717, 1.165) is 0 Å². The van der Waals surface area contributed by atoms with Gasteiger partial charge in [-0.2, -0.15) is 5.26 Å². The van der Waals surface area contributed by atoms with Gasteiger partial charge < -0.3 is 5.73 Å². The topological polar surface area (TPSA) is 96.0 Å². The third kappa shape index (κ3) is 4.28. The maximum Gasteiger partial charge on any atom is 0.318 e. The highest BCUT2D eigenvalue weighted by Crippen LogP contribution is 1.72. The number of nitrogens with one attached hydrogen (secondary N) is 1. The first-order chi connectivity index (χ1) is 4.16. The van der Waals surface area contributed by atoms with E-state index >= 15 is 0 Å². The third-order valence-corrected chi connectivity index (χ3v) is 0.502. The lowest BCUT2D eigenvalue weighted by molar-refractivity contribution is -0.119. The van der Waals surface area contributed by atoms with E-state index in [2.05, 4.69) is 5.73 Å². The monoisotopic (exact) mass is 128 g/mol. The molecule has 0 aliphatic carbocycles. The van der Waals surface area contributed by atoms with E-state index in [1.807, 2.05) is 0 Å². The highest BCUT2D eigenvalue weighted by Gasteiger charge is 2.00. The lowest BCUT2D eigenvalue weighted by Gasteiger charge is -1.91. The van der Waals surface area contributed by atoms with Gasteiger partial charge in [-0.1, -0.05) is 0 Å². The summed E-state index contributed by atoms with van der Waals surface area (Å²) in [6.07, 6.45) is -0.344. The molecule has 0 aliphatic rings. The van der Waals surface area contributed by atoms with Crippen LogP contribution < -0.4 is 11.1 Å². The van der Waals surface area contributed by atoms with Crippen LogP contribution in [0, 0.1) is 11.3 Å². The molecule has 0 spiro atoms. The van der Waals surface area contributed by atoms with Crippen LogP contribution in [0.5, 0.6) is 0 Å². The van der Waals surface area contributed by atoms with E-state index in [-0.39, 0.29) is 6.42 Å². The molecule has 0 aromatic rings. The predicted molar refractivity (Wildman–Crippen MR) is 28.0 cm³/mol. The fraction of sp³-hybridized carbons (Fsp3) is 0.250. The molecule has 5 nitrogen and oxygen atoms in total. The van der Waals surface area contributed by atoms with Crippen molar-refractivity contribution in [3.05, 3.63) is 0 Å². The van der Waals surface area contributed by atoms with E-state index in [0.29, 0.717) is 0 Å². The quantitative estimate of drug-likeness (QED) is 0.447. The average molecular weight is 128 g/mol. The number of imide groups is 1. The Morgan fingerprint density at radius 3 is 2.56 bits per heavy atom. The zero-order valence-corrected chi connectivity index (χ0v) is 4.55. The van der Waals surface area contributed by atoms with Crippen molar-refractivity contribution in [1.29, 1.82) is 5.26 Å². The van der Waals surface area contributed by atoms with Crippen molar-refractivity contribution in [3.8, 4) is 6.07 Å². The van der Waals surface area contributed by atoms with Gasteiger partial charge in [-0.15, -0.1) is 0 Å². The van der Waals surface area contributed by atoms with Crippen LogP contribution >= 0.6 is 0 Å².